The molecule has 0 aromatic heterocycles. The van der Waals surface area contributed by atoms with Crippen molar-refractivity contribution in [1.82, 2.24) is 4.90 Å². The molecule has 2 aliphatic rings. The molecule has 21 heavy (non-hydrogen) atoms. The summed E-state index contributed by atoms with van der Waals surface area (Å²) in [6.45, 7) is 1.67. The number of nitrogens with zero attached hydrogens (tertiary/aromatic N) is 1. The van der Waals surface area contributed by atoms with Crippen LogP contribution in [-0.4, -0.2) is 47.7 Å². The number of benzene rings is 1. The van der Waals surface area contributed by atoms with Crippen LogP contribution in [0.15, 0.2) is 24.3 Å². The summed E-state index contributed by atoms with van der Waals surface area (Å²) in [4.78, 5) is 14.7. The van der Waals surface area contributed by atoms with Crippen LogP contribution in [0.1, 0.15) is 25.7 Å². The Labute approximate surface area is 125 Å². The van der Waals surface area contributed by atoms with E-state index < -0.39 is 0 Å². The van der Waals surface area contributed by atoms with Crippen LogP contribution in [0.5, 0.6) is 0 Å². The first-order valence-corrected chi connectivity index (χ1v) is 7.80. The van der Waals surface area contributed by atoms with Crippen molar-refractivity contribution in [3.8, 4) is 0 Å². The van der Waals surface area contributed by atoms with E-state index in [-0.39, 0.29) is 18.6 Å². The smallest absolute Gasteiger partial charge is 0.247 e. The van der Waals surface area contributed by atoms with Gasteiger partial charge in [0.15, 0.2) is 0 Å². The average molecular weight is 289 g/mol. The highest BCUT2D eigenvalue weighted by Gasteiger charge is 2.34. The lowest BCUT2D eigenvalue weighted by Crippen LogP contribution is -2.49. The number of hydrogen-bond donors (Lipinski definition) is 3. The number of carbonyl (C=O) groups is 1. The summed E-state index contributed by atoms with van der Waals surface area (Å²) in [6.07, 6.45) is 3.80. The number of nitrogens with one attached hydrogen (secondary N) is 2. The van der Waals surface area contributed by atoms with Crippen LogP contribution in [0.2, 0.25) is 0 Å². The third kappa shape index (κ3) is 2.97. The van der Waals surface area contributed by atoms with Gasteiger partial charge >= 0.3 is 0 Å². The Morgan fingerprint density at radius 2 is 2.14 bits per heavy atom. The molecule has 0 radical (unpaired) electrons. The second kappa shape index (κ2) is 6.35. The second-order valence-electron chi connectivity index (χ2n) is 5.82. The number of carbonyl (C=O) groups excluding carboxylic acids is 1. The molecule has 2 aliphatic heterocycles. The Kier molecular flexibility index (Phi) is 4.29. The molecule has 0 saturated carbocycles. The summed E-state index contributed by atoms with van der Waals surface area (Å²) in [5.41, 5.74) is 2.05. The first kappa shape index (κ1) is 14.2. The highest BCUT2D eigenvalue weighted by Crippen LogP contribution is 2.28. The van der Waals surface area contributed by atoms with E-state index in [1.807, 2.05) is 29.2 Å². The fraction of sp³-hybridized carbons (Fsp3) is 0.562. The van der Waals surface area contributed by atoms with Gasteiger partial charge in [-0.3, -0.25) is 4.79 Å². The predicted molar refractivity (Wildman–Crippen MR) is 83.4 cm³/mol. The zero-order valence-electron chi connectivity index (χ0n) is 12.2. The van der Waals surface area contributed by atoms with Crippen molar-refractivity contribution in [2.24, 2.45) is 0 Å². The van der Waals surface area contributed by atoms with E-state index in [1.54, 1.807) is 0 Å². The van der Waals surface area contributed by atoms with Crippen molar-refractivity contribution in [1.29, 1.82) is 0 Å². The molecule has 0 bridgehead atoms. The van der Waals surface area contributed by atoms with Gasteiger partial charge in [0, 0.05) is 25.7 Å². The van der Waals surface area contributed by atoms with Crippen LogP contribution in [0.4, 0.5) is 11.4 Å². The Hall–Kier alpha value is -1.75. The van der Waals surface area contributed by atoms with Gasteiger partial charge in [-0.15, -0.1) is 0 Å². The number of aliphatic hydroxyl groups excluding tert-OH is 1. The predicted octanol–water partition coefficient (Wildman–Crippen LogP) is 1.66. The molecule has 3 N–H and O–H groups in total. The molecule has 1 aromatic carbocycles. The third-order valence-electron chi connectivity index (χ3n) is 4.41. The first-order valence-electron chi connectivity index (χ1n) is 7.80. The average Bonchev–Trinajstić information content (AvgIpc) is 3.00. The van der Waals surface area contributed by atoms with Crippen LogP contribution in [0, 0.1) is 0 Å². The molecule has 0 spiro atoms. The molecule has 5 nitrogen and oxygen atoms in total. The molecule has 1 amide bonds. The van der Waals surface area contributed by atoms with Crippen LogP contribution in [0.25, 0.3) is 0 Å². The van der Waals surface area contributed by atoms with Crippen molar-refractivity contribution in [3.63, 3.8) is 0 Å². The molecule has 1 saturated heterocycles. The standard InChI is InChI=1S/C16H23N3O2/c20-10-4-6-12-5-3-9-19(12)16(21)15-11-17-13-7-1-2-8-14(13)18-15/h1-2,7-8,12,15,17-18,20H,3-6,9-11H2. The number of rotatable bonds is 4. The summed E-state index contributed by atoms with van der Waals surface area (Å²) < 4.78 is 0. The maximum absolute atomic E-state index is 12.7. The van der Waals surface area contributed by atoms with E-state index >= 15 is 0 Å². The lowest BCUT2D eigenvalue weighted by atomic mass is 10.1. The number of likely N-dealkylation sites (tertiary alicyclic amines) is 1. The van der Waals surface area contributed by atoms with Crippen molar-refractivity contribution < 1.29 is 9.90 Å². The Balaban J connectivity index is 1.66. The van der Waals surface area contributed by atoms with Gasteiger partial charge in [-0.2, -0.15) is 0 Å². The Bertz CT molecular complexity index is 506. The number of fused-ring (bicyclic) bond motifs is 1. The molecule has 2 heterocycles. The highest BCUT2D eigenvalue weighted by molar-refractivity contribution is 5.89. The second-order valence-corrected chi connectivity index (χ2v) is 5.82. The number of amides is 1. The minimum Gasteiger partial charge on any atom is -0.396 e. The topological polar surface area (TPSA) is 64.6 Å². The molecule has 2 unspecified atom stereocenters. The highest BCUT2D eigenvalue weighted by atomic mass is 16.3. The fourth-order valence-corrected chi connectivity index (χ4v) is 3.32. The molecule has 114 valence electrons. The maximum Gasteiger partial charge on any atom is 0.247 e. The SMILES string of the molecule is O=C(C1CNc2ccccc2N1)N1CCCC1CCCO. The molecule has 5 heteroatoms. The number of aliphatic hydroxyl groups is 1. The lowest BCUT2D eigenvalue weighted by molar-refractivity contribution is -0.132. The van der Waals surface area contributed by atoms with Crippen LogP contribution in [-0.2, 0) is 4.79 Å². The molecule has 3 rings (SSSR count). The summed E-state index contributed by atoms with van der Waals surface area (Å²) in [5.74, 6) is 0.178. The largest absolute Gasteiger partial charge is 0.396 e. The van der Waals surface area contributed by atoms with Crippen LogP contribution in [0.3, 0.4) is 0 Å². The lowest BCUT2D eigenvalue weighted by Gasteiger charge is -2.33. The molecule has 2 atom stereocenters. The van der Waals surface area contributed by atoms with Gasteiger partial charge in [0.05, 0.1) is 11.4 Å². The maximum atomic E-state index is 12.7. The number of para-hydroxylation sites is 2. The van der Waals surface area contributed by atoms with E-state index in [0.29, 0.717) is 12.6 Å². The normalized spacial score (nSPS) is 24.1. The summed E-state index contributed by atoms with van der Waals surface area (Å²) >= 11 is 0. The van der Waals surface area contributed by atoms with Gasteiger partial charge in [0.2, 0.25) is 5.91 Å². The summed E-state index contributed by atoms with van der Waals surface area (Å²) in [5, 5.41) is 15.7. The summed E-state index contributed by atoms with van der Waals surface area (Å²) in [7, 11) is 0. The van der Waals surface area contributed by atoms with Crippen LogP contribution < -0.4 is 10.6 Å². The quantitative estimate of drug-likeness (QED) is 0.789. The van der Waals surface area contributed by atoms with E-state index in [2.05, 4.69) is 10.6 Å². The van der Waals surface area contributed by atoms with Crippen molar-refractivity contribution in [3.05, 3.63) is 24.3 Å². The van der Waals surface area contributed by atoms with E-state index in [9.17, 15) is 4.79 Å². The van der Waals surface area contributed by atoms with Gasteiger partial charge in [-0.25, -0.2) is 0 Å². The van der Waals surface area contributed by atoms with Gasteiger partial charge in [0.1, 0.15) is 6.04 Å². The van der Waals surface area contributed by atoms with E-state index in [0.717, 1.165) is 43.6 Å². The van der Waals surface area contributed by atoms with Crippen LogP contribution >= 0.6 is 0 Å². The Morgan fingerprint density at radius 1 is 1.33 bits per heavy atom. The zero-order valence-corrected chi connectivity index (χ0v) is 12.2. The zero-order chi connectivity index (χ0) is 14.7. The minimum atomic E-state index is -0.199. The molecular formula is C16H23N3O2. The van der Waals surface area contributed by atoms with E-state index in [4.69, 9.17) is 5.11 Å². The van der Waals surface area contributed by atoms with E-state index in [1.165, 1.54) is 0 Å². The van der Waals surface area contributed by atoms with Crippen molar-refractivity contribution in [2.45, 2.75) is 37.8 Å². The minimum absolute atomic E-state index is 0.178. The van der Waals surface area contributed by atoms with Crippen molar-refractivity contribution in [2.75, 3.05) is 30.3 Å². The fourth-order valence-electron chi connectivity index (χ4n) is 3.32. The van der Waals surface area contributed by atoms with Crippen molar-refractivity contribution >= 4 is 17.3 Å². The third-order valence-corrected chi connectivity index (χ3v) is 4.41. The van der Waals surface area contributed by atoms with Gasteiger partial charge < -0.3 is 20.6 Å². The van der Waals surface area contributed by atoms with Gasteiger partial charge in [-0.1, -0.05) is 12.1 Å². The molecule has 1 aromatic rings. The monoisotopic (exact) mass is 289 g/mol. The molecule has 0 aliphatic carbocycles. The number of anilines is 2. The summed E-state index contributed by atoms with van der Waals surface area (Å²) in [6, 6.07) is 8.07. The number of hydrogen-bond acceptors (Lipinski definition) is 4. The Morgan fingerprint density at radius 3 is 2.95 bits per heavy atom. The van der Waals surface area contributed by atoms with Gasteiger partial charge in [-0.05, 0) is 37.8 Å². The molecular weight excluding hydrogens is 266 g/mol. The molecule has 1 fully saturated rings. The first-order chi connectivity index (χ1) is 10.3. The van der Waals surface area contributed by atoms with Gasteiger partial charge in [0.25, 0.3) is 0 Å².